The smallest absolute Gasteiger partial charge is 0.0640 e. The number of aromatic nitrogens is 2. The van der Waals surface area contributed by atoms with Crippen molar-refractivity contribution in [1.29, 1.82) is 0 Å². The maximum absolute atomic E-state index is 4.81. The molecule has 1 aromatic heterocycles. The van der Waals surface area contributed by atoms with Crippen LogP contribution in [0.15, 0.2) is 12.3 Å². The van der Waals surface area contributed by atoms with E-state index < -0.39 is 0 Å². The fourth-order valence-electron chi connectivity index (χ4n) is 2.84. The molecule has 3 nitrogen and oxygen atoms in total. The third-order valence-corrected chi connectivity index (χ3v) is 4.50. The highest BCUT2D eigenvalue weighted by Crippen LogP contribution is 2.17. The number of nitrogens with zero attached hydrogens (tertiary/aromatic N) is 2. The molecule has 0 amide bonds. The van der Waals surface area contributed by atoms with E-state index in [9.17, 15) is 0 Å². The fraction of sp³-hybridized carbons (Fsp3) is 0.833. The van der Waals surface area contributed by atoms with E-state index in [2.05, 4.69) is 56.9 Å². The fourth-order valence-corrected chi connectivity index (χ4v) is 2.84. The van der Waals surface area contributed by atoms with Crippen molar-refractivity contribution >= 4 is 0 Å². The molecule has 3 heteroatoms. The molecule has 2 unspecified atom stereocenters. The van der Waals surface area contributed by atoms with Crippen LogP contribution in [0.1, 0.15) is 78.5 Å². The van der Waals surface area contributed by atoms with Gasteiger partial charge < -0.3 is 5.32 Å². The zero-order valence-corrected chi connectivity index (χ0v) is 14.7. The first-order valence-electron chi connectivity index (χ1n) is 8.91. The standard InChI is InChI=1S/C18H35N3/c1-6-11-19-17(13-15(5)7-2)14-16-10-12-21(20-16)18(8-3)9-4/h10,12,15,17-19H,6-9,11,13-14H2,1-5H3. The Labute approximate surface area is 131 Å². The Morgan fingerprint density at radius 1 is 1.14 bits per heavy atom. The molecule has 0 aliphatic rings. The summed E-state index contributed by atoms with van der Waals surface area (Å²) in [6.07, 6.45) is 9.22. The van der Waals surface area contributed by atoms with E-state index in [-0.39, 0.29) is 0 Å². The molecular formula is C18H35N3. The van der Waals surface area contributed by atoms with Crippen LogP contribution in [0.4, 0.5) is 0 Å². The minimum atomic E-state index is 0.551. The average Bonchev–Trinajstić information content (AvgIpc) is 2.94. The summed E-state index contributed by atoms with van der Waals surface area (Å²) in [4.78, 5) is 0. The van der Waals surface area contributed by atoms with Crippen LogP contribution in [0.25, 0.3) is 0 Å². The van der Waals surface area contributed by atoms with Crippen molar-refractivity contribution in [2.24, 2.45) is 5.92 Å². The zero-order valence-electron chi connectivity index (χ0n) is 14.7. The minimum absolute atomic E-state index is 0.551. The summed E-state index contributed by atoms with van der Waals surface area (Å²) in [6, 6.07) is 3.32. The Kier molecular flexibility index (Phi) is 8.67. The highest BCUT2D eigenvalue weighted by molar-refractivity contribution is 5.02. The van der Waals surface area contributed by atoms with Crippen LogP contribution in [0, 0.1) is 5.92 Å². The van der Waals surface area contributed by atoms with E-state index in [0.29, 0.717) is 12.1 Å². The lowest BCUT2D eigenvalue weighted by molar-refractivity contribution is 0.383. The Morgan fingerprint density at radius 3 is 2.43 bits per heavy atom. The Bertz CT molecular complexity index is 368. The van der Waals surface area contributed by atoms with Gasteiger partial charge in [0, 0.05) is 18.7 Å². The van der Waals surface area contributed by atoms with Gasteiger partial charge in [-0.2, -0.15) is 5.10 Å². The molecule has 1 rings (SSSR count). The van der Waals surface area contributed by atoms with E-state index in [4.69, 9.17) is 5.10 Å². The lowest BCUT2D eigenvalue weighted by Gasteiger charge is -2.21. The molecule has 0 aliphatic carbocycles. The van der Waals surface area contributed by atoms with Crippen molar-refractivity contribution in [3.05, 3.63) is 18.0 Å². The number of hydrogen-bond donors (Lipinski definition) is 1. The van der Waals surface area contributed by atoms with Crippen molar-refractivity contribution in [3.63, 3.8) is 0 Å². The van der Waals surface area contributed by atoms with Gasteiger partial charge in [0.1, 0.15) is 0 Å². The predicted molar refractivity (Wildman–Crippen MR) is 91.7 cm³/mol. The quantitative estimate of drug-likeness (QED) is 0.646. The zero-order chi connectivity index (χ0) is 15.7. The number of hydrogen-bond acceptors (Lipinski definition) is 2. The van der Waals surface area contributed by atoms with Crippen molar-refractivity contribution < 1.29 is 0 Å². The number of nitrogens with one attached hydrogen (secondary N) is 1. The van der Waals surface area contributed by atoms with E-state index in [1.807, 2.05) is 0 Å². The van der Waals surface area contributed by atoms with Crippen molar-refractivity contribution in [2.75, 3.05) is 6.54 Å². The topological polar surface area (TPSA) is 29.9 Å². The third-order valence-electron chi connectivity index (χ3n) is 4.50. The van der Waals surface area contributed by atoms with Gasteiger partial charge >= 0.3 is 0 Å². The summed E-state index contributed by atoms with van der Waals surface area (Å²) in [6.45, 7) is 12.4. The molecule has 21 heavy (non-hydrogen) atoms. The molecular weight excluding hydrogens is 258 g/mol. The summed E-state index contributed by atoms with van der Waals surface area (Å²) in [5, 5.41) is 8.51. The largest absolute Gasteiger partial charge is 0.314 e. The number of rotatable bonds is 11. The molecule has 0 aliphatic heterocycles. The molecule has 0 saturated heterocycles. The highest BCUT2D eigenvalue weighted by Gasteiger charge is 2.15. The maximum Gasteiger partial charge on any atom is 0.0640 e. The normalized spacial score (nSPS) is 14.6. The summed E-state index contributed by atoms with van der Waals surface area (Å²) in [5.41, 5.74) is 1.24. The summed E-state index contributed by atoms with van der Waals surface area (Å²) >= 11 is 0. The van der Waals surface area contributed by atoms with Gasteiger partial charge in [-0.05, 0) is 44.2 Å². The molecule has 0 radical (unpaired) electrons. The molecule has 2 atom stereocenters. The molecule has 1 N–H and O–H groups in total. The van der Waals surface area contributed by atoms with Crippen LogP contribution in [-0.4, -0.2) is 22.4 Å². The van der Waals surface area contributed by atoms with Crippen LogP contribution in [0.5, 0.6) is 0 Å². The molecule has 0 saturated carbocycles. The second kappa shape index (κ2) is 9.99. The molecule has 1 heterocycles. The SMILES string of the molecule is CCCNC(Cc1ccn(C(CC)CC)n1)CC(C)CC. The van der Waals surface area contributed by atoms with Gasteiger partial charge in [0.25, 0.3) is 0 Å². The van der Waals surface area contributed by atoms with Crippen LogP contribution in [0.2, 0.25) is 0 Å². The molecule has 0 fully saturated rings. The van der Waals surface area contributed by atoms with Gasteiger partial charge in [-0.25, -0.2) is 0 Å². The second-order valence-electron chi connectivity index (χ2n) is 6.36. The monoisotopic (exact) mass is 293 g/mol. The maximum atomic E-state index is 4.81. The van der Waals surface area contributed by atoms with Crippen LogP contribution in [-0.2, 0) is 6.42 Å². The van der Waals surface area contributed by atoms with E-state index >= 15 is 0 Å². The highest BCUT2D eigenvalue weighted by atomic mass is 15.3. The van der Waals surface area contributed by atoms with Crippen LogP contribution < -0.4 is 5.32 Å². The molecule has 0 aromatic carbocycles. The van der Waals surface area contributed by atoms with Gasteiger partial charge in [0.2, 0.25) is 0 Å². The average molecular weight is 293 g/mol. The van der Waals surface area contributed by atoms with Gasteiger partial charge in [0.15, 0.2) is 0 Å². The Hall–Kier alpha value is -0.830. The van der Waals surface area contributed by atoms with Gasteiger partial charge in [0.05, 0.1) is 11.7 Å². The predicted octanol–water partition coefficient (Wildman–Crippen LogP) is 4.59. The summed E-state index contributed by atoms with van der Waals surface area (Å²) in [5.74, 6) is 0.778. The van der Waals surface area contributed by atoms with Crippen molar-refractivity contribution in [1.82, 2.24) is 15.1 Å². The first-order chi connectivity index (χ1) is 10.1. The van der Waals surface area contributed by atoms with Crippen molar-refractivity contribution in [2.45, 2.75) is 85.2 Å². The second-order valence-corrected chi connectivity index (χ2v) is 6.36. The minimum Gasteiger partial charge on any atom is -0.314 e. The van der Waals surface area contributed by atoms with Crippen LogP contribution in [0.3, 0.4) is 0 Å². The molecule has 0 spiro atoms. The Balaban J connectivity index is 2.64. The van der Waals surface area contributed by atoms with Gasteiger partial charge in [-0.15, -0.1) is 0 Å². The summed E-state index contributed by atoms with van der Waals surface area (Å²) in [7, 11) is 0. The first kappa shape index (κ1) is 18.2. The molecule has 0 bridgehead atoms. The Morgan fingerprint density at radius 2 is 1.86 bits per heavy atom. The van der Waals surface area contributed by atoms with Crippen LogP contribution >= 0.6 is 0 Å². The van der Waals surface area contributed by atoms with Gasteiger partial charge in [-0.1, -0.05) is 41.0 Å². The third kappa shape index (κ3) is 6.21. The van der Waals surface area contributed by atoms with Crippen molar-refractivity contribution in [3.8, 4) is 0 Å². The summed E-state index contributed by atoms with van der Waals surface area (Å²) < 4.78 is 2.16. The first-order valence-corrected chi connectivity index (χ1v) is 8.91. The van der Waals surface area contributed by atoms with Gasteiger partial charge in [-0.3, -0.25) is 4.68 Å². The lowest BCUT2D eigenvalue weighted by Crippen LogP contribution is -2.33. The lowest BCUT2D eigenvalue weighted by atomic mass is 9.96. The van der Waals surface area contributed by atoms with E-state index in [1.54, 1.807) is 0 Å². The molecule has 122 valence electrons. The van der Waals surface area contributed by atoms with E-state index in [1.165, 1.54) is 25.0 Å². The van der Waals surface area contributed by atoms with E-state index in [0.717, 1.165) is 31.7 Å². The molecule has 1 aromatic rings.